The molecule has 4 nitrogen and oxygen atoms in total. The van der Waals surface area contributed by atoms with Gasteiger partial charge in [0.05, 0.1) is 6.61 Å². The monoisotopic (exact) mass is 334 g/mol. The average molecular weight is 334 g/mol. The summed E-state index contributed by atoms with van der Waals surface area (Å²) in [5.74, 6) is 0.905. The molecule has 3 rings (SSSR count). The van der Waals surface area contributed by atoms with Gasteiger partial charge in [-0.1, -0.05) is 19.3 Å². The van der Waals surface area contributed by atoms with Gasteiger partial charge in [-0.25, -0.2) is 9.18 Å². The molecule has 0 aromatic heterocycles. The van der Waals surface area contributed by atoms with Gasteiger partial charge < -0.3 is 15.0 Å². The number of ether oxygens (including phenoxy) is 1. The summed E-state index contributed by atoms with van der Waals surface area (Å²) in [7, 11) is 0. The van der Waals surface area contributed by atoms with Gasteiger partial charge in [-0.15, -0.1) is 0 Å². The Labute approximate surface area is 143 Å². The fourth-order valence-corrected chi connectivity index (χ4v) is 3.56. The Morgan fingerprint density at radius 1 is 1.08 bits per heavy atom. The Kier molecular flexibility index (Phi) is 5.94. The molecule has 24 heavy (non-hydrogen) atoms. The van der Waals surface area contributed by atoms with Crippen molar-refractivity contribution in [1.82, 2.24) is 10.2 Å². The molecule has 0 radical (unpaired) electrons. The van der Waals surface area contributed by atoms with E-state index in [1.165, 1.54) is 31.4 Å². The molecule has 0 spiro atoms. The van der Waals surface area contributed by atoms with E-state index in [2.05, 4.69) is 5.32 Å². The van der Waals surface area contributed by atoms with Crippen molar-refractivity contribution in [1.29, 1.82) is 0 Å². The van der Waals surface area contributed by atoms with Crippen molar-refractivity contribution >= 4 is 6.03 Å². The number of likely N-dealkylation sites (tertiary alicyclic amines) is 1. The average Bonchev–Trinajstić information content (AvgIpc) is 2.62. The number of nitrogens with one attached hydrogen (secondary N) is 1. The summed E-state index contributed by atoms with van der Waals surface area (Å²) in [6.07, 6.45) is 7.91. The van der Waals surface area contributed by atoms with Gasteiger partial charge >= 0.3 is 6.03 Å². The van der Waals surface area contributed by atoms with E-state index in [-0.39, 0.29) is 11.8 Å². The van der Waals surface area contributed by atoms with Crippen LogP contribution in [0.2, 0.25) is 0 Å². The van der Waals surface area contributed by atoms with E-state index in [1.807, 2.05) is 4.90 Å². The number of carbonyl (C=O) groups excluding carboxylic acids is 1. The second kappa shape index (κ2) is 8.36. The largest absolute Gasteiger partial charge is 0.493 e. The summed E-state index contributed by atoms with van der Waals surface area (Å²) in [5.41, 5.74) is 0. The van der Waals surface area contributed by atoms with Gasteiger partial charge in [0, 0.05) is 19.1 Å². The molecule has 1 saturated carbocycles. The number of hydrogen-bond acceptors (Lipinski definition) is 2. The molecule has 1 N–H and O–H groups in total. The van der Waals surface area contributed by atoms with Gasteiger partial charge in [0.2, 0.25) is 0 Å². The van der Waals surface area contributed by atoms with Crippen LogP contribution in [0.25, 0.3) is 0 Å². The summed E-state index contributed by atoms with van der Waals surface area (Å²) in [4.78, 5) is 14.3. The van der Waals surface area contributed by atoms with Gasteiger partial charge in [0.15, 0.2) is 0 Å². The highest BCUT2D eigenvalue weighted by Crippen LogP contribution is 2.21. The second-order valence-electron chi connectivity index (χ2n) is 6.98. The molecule has 1 aliphatic carbocycles. The van der Waals surface area contributed by atoms with Crippen molar-refractivity contribution in [3.05, 3.63) is 30.1 Å². The number of rotatable bonds is 4. The lowest BCUT2D eigenvalue weighted by Crippen LogP contribution is -2.48. The maximum atomic E-state index is 12.9. The first-order valence-corrected chi connectivity index (χ1v) is 9.14. The van der Waals surface area contributed by atoms with E-state index >= 15 is 0 Å². The van der Waals surface area contributed by atoms with Crippen LogP contribution < -0.4 is 10.1 Å². The minimum Gasteiger partial charge on any atom is -0.493 e. The van der Waals surface area contributed by atoms with Crippen LogP contribution in [0.5, 0.6) is 5.75 Å². The van der Waals surface area contributed by atoms with Crippen LogP contribution in [0.15, 0.2) is 24.3 Å². The van der Waals surface area contributed by atoms with Crippen LogP contribution in [0.1, 0.15) is 44.9 Å². The Hall–Kier alpha value is -1.78. The van der Waals surface area contributed by atoms with Crippen LogP contribution in [0.3, 0.4) is 0 Å². The maximum absolute atomic E-state index is 12.9. The second-order valence-corrected chi connectivity index (χ2v) is 6.98. The Bertz CT molecular complexity index is 521. The molecule has 1 aromatic carbocycles. The molecule has 0 atom stereocenters. The summed E-state index contributed by atoms with van der Waals surface area (Å²) in [6, 6.07) is 6.59. The van der Waals surface area contributed by atoms with Crippen LogP contribution in [0.4, 0.5) is 9.18 Å². The number of piperidine rings is 1. The topological polar surface area (TPSA) is 41.6 Å². The molecule has 1 aliphatic heterocycles. The normalized spacial score (nSPS) is 20.0. The fourth-order valence-electron chi connectivity index (χ4n) is 3.56. The molecule has 0 bridgehead atoms. The molecule has 2 fully saturated rings. The van der Waals surface area contributed by atoms with E-state index in [9.17, 15) is 9.18 Å². The summed E-state index contributed by atoms with van der Waals surface area (Å²) in [5, 5.41) is 3.19. The number of hydrogen-bond donors (Lipinski definition) is 1. The standard InChI is InChI=1S/C19H27FN2O2/c20-16-6-8-18(9-7-16)24-14-15-10-12-22(13-11-15)19(23)21-17-4-2-1-3-5-17/h6-9,15,17H,1-5,10-14H2,(H,21,23). The molecule has 1 saturated heterocycles. The molecular formula is C19H27FN2O2. The zero-order valence-electron chi connectivity index (χ0n) is 14.2. The predicted molar refractivity (Wildman–Crippen MR) is 91.6 cm³/mol. The molecule has 2 amide bonds. The van der Waals surface area contributed by atoms with Crippen LogP contribution in [0, 0.1) is 11.7 Å². The Morgan fingerprint density at radius 3 is 2.42 bits per heavy atom. The van der Waals surface area contributed by atoms with Gasteiger partial charge in [-0.05, 0) is 55.9 Å². The SMILES string of the molecule is O=C(NC1CCCCC1)N1CCC(COc2ccc(F)cc2)CC1. The smallest absolute Gasteiger partial charge is 0.317 e. The van der Waals surface area contributed by atoms with E-state index in [0.29, 0.717) is 24.3 Å². The van der Waals surface area contributed by atoms with Gasteiger partial charge in [0.25, 0.3) is 0 Å². The highest BCUT2D eigenvalue weighted by atomic mass is 19.1. The molecule has 1 heterocycles. The van der Waals surface area contributed by atoms with Crippen LogP contribution in [-0.2, 0) is 0 Å². The number of urea groups is 1. The summed E-state index contributed by atoms with van der Waals surface area (Å²) in [6.45, 7) is 2.20. The molecule has 2 aliphatic rings. The molecule has 0 unspecified atom stereocenters. The number of benzene rings is 1. The maximum Gasteiger partial charge on any atom is 0.317 e. The lowest BCUT2D eigenvalue weighted by Gasteiger charge is -2.33. The molecular weight excluding hydrogens is 307 g/mol. The highest BCUT2D eigenvalue weighted by Gasteiger charge is 2.25. The summed E-state index contributed by atoms with van der Waals surface area (Å²) >= 11 is 0. The third-order valence-corrected chi connectivity index (χ3v) is 5.13. The third kappa shape index (κ3) is 4.86. The van der Waals surface area contributed by atoms with Crippen LogP contribution >= 0.6 is 0 Å². The first kappa shape index (κ1) is 17.1. The van der Waals surface area contributed by atoms with E-state index < -0.39 is 0 Å². The van der Waals surface area contributed by atoms with E-state index in [1.54, 1.807) is 12.1 Å². The molecule has 5 heteroatoms. The first-order valence-electron chi connectivity index (χ1n) is 9.14. The fraction of sp³-hybridized carbons (Fsp3) is 0.632. The summed E-state index contributed by atoms with van der Waals surface area (Å²) < 4.78 is 18.6. The van der Waals surface area contributed by atoms with E-state index in [0.717, 1.165) is 38.8 Å². The minimum atomic E-state index is -0.250. The van der Waals surface area contributed by atoms with Crippen molar-refractivity contribution in [3.8, 4) is 5.75 Å². The lowest BCUT2D eigenvalue weighted by atomic mass is 9.95. The zero-order chi connectivity index (χ0) is 16.8. The number of nitrogens with zero attached hydrogens (tertiary/aromatic N) is 1. The third-order valence-electron chi connectivity index (χ3n) is 5.13. The molecule has 132 valence electrons. The highest BCUT2D eigenvalue weighted by molar-refractivity contribution is 5.74. The van der Waals surface area contributed by atoms with Gasteiger partial charge in [-0.3, -0.25) is 0 Å². The number of halogens is 1. The van der Waals surface area contributed by atoms with Crippen molar-refractivity contribution < 1.29 is 13.9 Å². The van der Waals surface area contributed by atoms with Crippen LogP contribution in [-0.4, -0.2) is 36.7 Å². The minimum absolute atomic E-state index is 0.0970. The first-order chi connectivity index (χ1) is 11.7. The predicted octanol–water partition coefficient (Wildman–Crippen LogP) is 3.96. The Balaban J connectivity index is 1.37. The van der Waals surface area contributed by atoms with Crippen molar-refractivity contribution in [2.75, 3.05) is 19.7 Å². The van der Waals surface area contributed by atoms with Crippen molar-refractivity contribution in [2.24, 2.45) is 5.92 Å². The number of amides is 2. The lowest BCUT2D eigenvalue weighted by molar-refractivity contribution is 0.141. The Morgan fingerprint density at radius 2 is 1.75 bits per heavy atom. The van der Waals surface area contributed by atoms with Gasteiger partial charge in [0.1, 0.15) is 11.6 Å². The zero-order valence-corrected chi connectivity index (χ0v) is 14.2. The van der Waals surface area contributed by atoms with Gasteiger partial charge in [-0.2, -0.15) is 0 Å². The van der Waals surface area contributed by atoms with Crippen molar-refractivity contribution in [2.45, 2.75) is 51.0 Å². The number of carbonyl (C=O) groups is 1. The quantitative estimate of drug-likeness (QED) is 0.905. The van der Waals surface area contributed by atoms with Crippen molar-refractivity contribution in [3.63, 3.8) is 0 Å². The molecule has 1 aromatic rings. The van der Waals surface area contributed by atoms with E-state index in [4.69, 9.17) is 4.74 Å².